The van der Waals surface area contributed by atoms with Crippen molar-refractivity contribution in [1.82, 2.24) is 15.2 Å². The zero-order chi connectivity index (χ0) is 22.7. The van der Waals surface area contributed by atoms with Gasteiger partial charge in [0.05, 0.1) is 5.60 Å². The number of aliphatic hydroxyl groups is 1. The summed E-state index contributed by atoms with van der Waals surface area (Å²) >= 11 is 0. The molecule has 1 aliphatic heterocycles. The van der Waals surface area contributed by atoms with Crippen molar-refractivity contribution >= 4 is 16.9 Å². The maximum absolute atomic E-state index is 12.5. The van der Waals surface area contributed by atoms with Crippen LogP contribution in [0.15, 0.2) is 83.5 Å². The van der Waals surface area contributed by atoms with Gasteiger partial charge in [0.2, 0.25) is 0 Å². The Morgan fingerprint density at radius 1 is 1.03 bits per heavy atom. The van der Waals surface area contributed by atoms with Gasteiger partial charge in [-0.2, -0.15) is 0 Å². The lowest BCUT2D eigenvalue weighted by Gasteiger charge is -2.38. The Labute approximate surface area is 192 Å². The Bertz CT molecular complexity index is 1230. The molecule has 6 heteroatoms. The Balaban J connectivity index is 1.25. The average Bonchev–Trinajstić information content (AvgIpc) is 3.29. The molecule has 3 heterocycles. The van der Waals surface area contributed by atoms with Crippen LogP contribution < -0.4 is 5.32 Å². The van der Waals surface area contributed by atoms with E-state index in [1.165, 1.54) is 5.56 Å². The number of rotatable bonds is 6. The van der Waals surface area contributed by atoms with Gasteiger partial charge in [-0.1, -0.05) is 42.5 Å². The normalized spacial score (nSPS) is 16.0. The fraction of sp³-hybridized carbons (Fsp3) is 0.259. The highest BCUT2D eigenvalue weighted by molar-refractivity contribution is 5.96. The van der Waals surface area contributed by atoms with Crippen LogP contribution in [0.1, 0.15) is 40.1 Å². The molecule has 1 amide bonds. The molecule has 0 radical (unpaired) electrons. The predicted molar refractivity (Wildman–Crippen MR) is 126 cm³/mol. The molecule has 0 unspecified atom stereocenters. The molecule has 33 heavy (non-hydrogen) atoms. The molecule has 1 aliphatic rings. The number of aromatic nitrogens is 1. The van der Waals surface area contributed by atoms with Crippen molar-refractivity contribution in [3.05, 3.63) is 102 Å². The Hall–Kier alpha value is -3.48. The van der Waals surface area contributed by atoms with E-state index in [-0.39, 0.29) is 11.7 Å². The molecule has 5 rings (SSSR count). The lowest BCUT2D eigenvalue weighted by atomic mass is 9.84. The quantitative estimate of drug-likeness (QED) is 0.468. The zero-order valence-electron chi connectivity index (χ0n) is 18.4. The number of likely N-dealkylation sites (tertiary alicyclic amines) is 1. The lowest BCUT2D eigenvalue weighted by Crippen LogP contribution is -2.42. The number of amides is 1. The lowest BCUT2D eigenvalue weighted by molar-refractivity contribution is -0.0276. The fourth-order valence-electron chi connectivity index (χ4n) is 4.43. The largest absolute Gasteiger partial charge is 0.451 e. The van der Waals surface area contributed by atoms with E-state index in [4.69, 9.17) is 4.42 Å². The molecule has 2 aromatic heterocycles. The summed E-state index contributed by atoms with van der Waals surface area (Å²) in [6.45, 7) is 2.94. The van der Waals surface area contributed by atoms with Crippen molar-refractivity contribution in [2.24, 2.45) is 0 Å². The fourth-order valence-corrected chi connectivity index (χ4v) is 4.43. The van der Waals surface area contributed by atoms with Crippen molar-refractivity contribution in [2.75, 3.05) is 13.1 Å². The monoisotopic (exact) mass is 441 g/mol. The zero-order valence-corrected chi connectivity index (χ0v) is 18.4. The minimum absolute atomic E-state index is 0.260. The van der Waals surface area contributed by atoms with Crippen LogP contribution in [0.3, 0.4) is 0 Å². The van der Waals surface area contributed by atoms with Crippen LogP contribution >= 0.6 is 0 Å². The first-order chi connectivity index (χ1) is 16.1. The van der Waals surface area contributed by atoms with Crippen LogP contribution in [0.4, 0.5) is 0 Å². The minimum Gasteiger partial charge on any atom is -0.451 e. The molecule has 0 atom stereocenters. The number of nitrogens with one attached hydrogen (secondary N) is 1. The average molecular weight is 442 g/mol. The highest BCUT2D eigenvalue weighted by Gasteiger charge is 2.34. The van der Waals surface area contributed by atoms with Crippen molar-refractivity contribution in [1.29, 1.82) is 0 Å². The summed E-state index contributed by atoms with van der Waals surface area (Å²) in [5.74, 6) is -0.0137. The predicted octanol–water partition coefficient (Wildman–Crippen LogP) is 4.24. The maximum atomic E-state index is 12.5. The van der Waals surface area contributed by atoms with E-state index in [2.05, 4.69) is 39.5 Å². The SMILES string of the molecule is O=C(NCc1cccnc1)c1cc2cc(C3(O)CCN(Cc4ccccc4)CC3)ccc2o1. The van der Waals surface area contributed by atoms with Crippen LogP contribution in [0, 0.1) is 0 Å². The van der Waals surface area contributed by atoms with Gasteiger partial charge in [-0.05, 0) is 53.8 Å². The molecule has 6 nitrogen and oxygen atoms in total. The number of benzene rings is 2. The van der Waals surface area contributed by atoms with Crippen molar-refractivity contribution in [2.45, 2.75) is 31.5 Å². The van der Waals surface area contributed by atoms with E-state index in [9.17, 15) is 9.90 Å². The molecule has 1 saturated heterocycles. The van der Waals surface area contributed by atoms with Gasteiger partial charge in [0, 0.05) is 44.0 Å². The van der Waals surface area contributed by atoms with Gasteiger partial charge in [-0.3, -0.25) is 14.7 Å². The molecule has 0 saturated carbocycles. The van der Waals surface area contributed by atoms with E-state index in [1.807, 2.05) is 36.4 Å². The maximum Gasteiger partial charge on any atom is 0.287 e. The van der Waals surface area contributed by atoms with Gasteiger partial charge in [0.1, 0.15) is 5.58 Å². The van der Waals surface area contributed by atoms with Gasteiger partial charge in [-0.25, -0.2) is 0 Å². The molecule has 0 spiro atoms. The molecular formula is C27H27N3O3. The highest BCUT2D eigenvalue weighted by Crippen LogP contribution is 2.35. The van der Waals surface area contributed by atoms with Gasteiger partial charge in [0.25, 0.3) is 5.91 Å². The smallest absolute Gasteiger partial charge is 0.287 e. The molecule has 168 valence electrons. The Morgan fingerprint density at radius 3 is 2.58 bits per heavy atom. The first-order valence-corrected chi connectivity index (χ1v) is 11.3. The van der Waals surface area contributed by atoms with E-state index in [1.54, 1.807) is 18.5 Å². The van der Waals surface area contributed by atoms with Gasteiger partial charge in [-0.15, -0.1) is 0 Å². The molecular weight excluding hydrogens is 414 g/mol. The molecule has 4 aromatic rings. The third-order valence-electron chi connectivity index (χ3n) is 6.39. The van der Waals surface area contributed by atoms with E-state index in [0.29, 0.717) is 25.0 Å². The third-order valence-corrected chi connectivity index (χ3v) is 6.39. The van der Waals surface area contributed by atoms with Crippen LogP contribution in [0.2, 0.25) is 0 Å². The number of pyridine rings is 1. The number of carbonyl (C=O) groups excluding carboxylic acids is 1. The third kappa shape index (κ3) is 4.82. The number of furan rings is 1. The standard InChI is InChI=1S/C27H27N3O3/c31-26(29-18-21-7-4-12-28-17-21)25-16-22-15-23(8-9-24(22)33-25)27(32)10-13-30(14-11-27)19-20-5-2-1-3-6-20/h1-9,12,15-17,32H,10-11,13-14,18-19H2,(H,29,31). The second kappa shape index (κ2) is 9.17. The van der Waals surface area contributed by atoms with Gasteiger partial charge < -0.3 is 14.8 Å². The van der Waals surface area contributed by atoms with Gasteiger partial charge >= 0.3 is 0 Å². The van der Waals surface area contributed by atoms with Crippen LogP contribution in [-0.4, -0.2) is 34.0 Å². The first kappa shape index (κ1) is 21.4. The summed E-state index contributed by atoms with van der Waals surface area (Å²) in [6, 6.07) is 21.6. The minimum atomic E-state index is -0.874. The number of piperidine rings is 1. The number of hydrogen-bond donors (Lipinski definition) is 2. The van der Waals surface area contributed by atoms with Crippen LogP contribution in [0.5, 0.6) is 0 Å². The number of carbonyl (C=O) groups is 1. The van der Waals surface area contributed by atoms with E-state index < -0.39 is 5.60 Å². The van der Waals surface area contributed by atoms with Crippen molar-refractivity contribution in [3.63, 3.8) is 0 Å². The van der Waals surface area contributed by atoms with Gasteiger partial charge in [0.15, 0.2) is 5.76 Å². The summed E-state index contributed by atoms with van der Waals surface area (Å²) < 4.78 is 5.76. The summed E-state index contributed by atoms with van der Waals surface area (Å²) in [5, 5.41) is 15.0. The number of hydrogen-bond acceptors (Lipinski definition) is 5. The topological polar surface area (TPSA) is 78.6 Å². The first-order valence-electron chi connectivity index (χ1n) is 11.3. The van der Waals surface area contributed by atoms with Crippen LogP contribution in [0.25, 0.3) is 11.0 Å². The van der Waals surface area contributed by atoms with E-state index in [0.717, 1.165) is 36.1 Å². The second-order valence-electron chi connectivity index (χ2n) is 8.70. The molecule has 0 bridgehead atoms. The Kier molecular flexibility index (Phi) is 5.94. The van der Waals surface area contributed by atoms with Crippen LogP contribution in [-0.2, 0) is 18.7 Å². The summed E-state index contributed by atoms with van der Waals surface area (Å²) in [7, 11) is 0. The van der Waals surface area contributed by atoms with Crippen molar-refractivity contribution in [3.8, 4) is 0 Å². The summed E-state index contributed by atoms with van der Waals surface area (Å²) in [6.07, 6.45) is 4.75. The molecule has 2 aromatic carbocycles. The number of fused-ring (bicyclic) bond motifs is 1. The summed E-state index contributed by atoms with van der Waals surface area (Å²) in [5.41, 5.74) is 2.84. The summed E-state index contributed by atoms with van der Waals surface area (Å²) in [4.78, 5) is 19.0. The van der Waals surface area contributed by atoms with Crippen molar-refractivity contribution < 1.29 is 14.3 Å². The Morgan fingerprint density at radius 2 is 1.82 bits per heavy atom. The molecule has 2 N–H and O–H groups in total. The number of nitrogens with zero attached hydrogens (tertiary/aromatic N) is 2. The molecule has 1 fully saturated rings. The second-order valence-corrected chi connectivity index (χ2v) is 8.70. The van der Waals surface area contributed by atoms with E-state index >= 15 is 0 Å². The highest BCUT2D eigenvalue weighted by atomic mass is 16.3. The molecule has 0 aliphatic carbocycles.